The quantitative estimate of drug-likeness (QED) is 0.621. The molecule has 0 amide bonds. The zero-order chi connectivity index (χ0) is 16.8. The molecule has 5 rings (SSSR count). The molecule has 2 bridgehead atoms. The summed E-state index contributed by atoms with van der Waals surface area (Å²) in [5.74, 6) is 1.22. The van der Waals surface area contributed by atoms with Crippen molar-refractivity contribution in [1.82, 2.24) is 0 Å². The molecule has 4 nitrogen and oxygen atoms in total. The Morgan fingerprint density at radius 2 is 1.17 bits per heavy atom. The van der Waals surface area contributed by atoms with E-state index in [2.05, 4.69) is 12.1 Å². The van der Waals surface area contributed by atoms with Gasteiger partial charge in [-0.15, -0.1) is 0 Å². The lowest BCUT2D eigenvalue weighted by Crippen LogP contribution is -2.25. The second-order valence-electron chi connectivity index (χ2n) is 6.45. The van der Waals surface area contributed by atoms with Crippen LogP contribution in [0.5, 0.6) is 11.5 Å². The Labute approximate surface area is 140 Å². The largest absolute Gasteiger partial charge is 0.427 e. The summed E-state index contributed by atoms with van der Waals surface area (Å²) < 4.78 is 10.5. The third-order valence-corrected chi connectivity index (χ3v) is 4.89. The molecular weight excluding hydrogens is 304 g/mol. The predicted molar refractivity (Wildman–Crippen MR) is 88.4 cm³/mol. The van der Waals surface area contributed by atoms with Crippen LogP contribution >= 0.6 is 0 Å². The van der Waals surface area contributed by atoms with Crippen molar-refractivity contribution in [1.29, 1.82) is 0 Å². The number of benzene rings is 2. The predicted octanol–water partition coefficient (Wildman–Crippen LogP) is 3.91. The van der Waals surface area contributed by atoms with Crippen LogP contribution in [-0.4, -0.2) is 11.9 Å². The number of carbonyl (C=O) groups is 2. The third kappa shape index (κ3) is 2.39. The SMILES string of the molecule is CC(=O)Oc1ccc2c(c1)C1CCC2c2cc(OC(C)=O)ccc21. The Kier molecular flexibility index (Phi) is 3.41. The van der Waals surface area contributed by atoms with Crippen molar-refractivity contribution in [3.8, 4) is 11.5 Å². The van der Waals surface area contributed by atoms with Crippen molar-refractivity contribution in [2.45, 2.75) is 38.5 Å². The van der Waals surface area contributed by atoms with Gasteiger partial charge in [0.1, 0.15) is 11.5 Å². The Morgan fingerprint density at radius 1 is 0.750 bits per heavy atom. The lowest BCUT2D eigenvalue weighted by molar-refractivity contribution is -0.132. The first-order valence-corrected chi connectivity index (χ1v) is 8.17. The van der Waals surface area contributed by atoms with Crippen molar-refractivity contribution in [2.24, 2.45) is 0 Å². The van der Waals surface area contributed by atoms with Crippen LogP contribution < -0.4 is 9.47 Å². The van der Waals surface area contributed by atoms with Gasteiger partial charge in [-0.2, -0.15) is 0 Å². The first-order chi connectivity index (χ1) is 11.5. The molecule has 4 heteroatoms. The molecule has 0 spiro atoms. The zero-order valence-electron chi connectivity index (χ0n) is 13.7. The fraction of sp³-hybridized carbons (Fsp3) is 0.300. The molecule has 24 heavy (non-hydrogen) atoms. The number of hydrogen-bond donors (Lipinski definition) is 0. The normalized spacial score (nSPS) is 20.1. The molecule has 0 fully saturated rings. The highest BCUT2D eigenvalue weighted by Gasteiger charge is 2.37. The minimum atomic E-state index is -0.303. The van der Waals surface area contributed by atoms with Gasteiger partial charge in [-0.25, -0.2) is 0 Å². The van der Waals surface area contributed by atoms with Crippen LogP contribution in [0.1, 0.15) is 60.8 Å². The second kappa shape index (κ2) is 5.48. The molecule has 2 atom stereocenters. The molecule has 0 N–H and O–H groups in total. The van der Waals surface area contributed by atoms with E-state index in [0.29, 0.717) is 23.3 Å². The summed E-state index contributed by atoms with van der Waals surface area (Å²) in [6.45, 7) is 2.83. The molecule has 2 unspecified atom stereocenters. The summed E-state index contributed by atoms with van der Waals surface area (Å²) in [6, 6.07) is 11.8. The van der Waals surface area contributed by atoms with Crippen molar-refractivity contribution in [3.63, 3.8) is 0 Å². The summed E-state index contributed by atoms with van der Waals surface area (Å²) in [5, 5.41) is 0. The summed E-state index contributed by atoms with van der Waals surface area (Å²) >= 11 is 0. The van der Waals surface area contributed by atoms with Crippen molar-refractivity contribution in [3.05, 3.63) is 58.7 Å². The maximum absolute atomic E-state index is 11.2. The van der Waals surface area contributed by atoms with Gasteiger partial charge in [0.05, 0.1) is 0 Å². The van der Waals surface area contributed by atoms with E-state index in [4.69, 9.17) is 9.47 Å². The third-order valence-electron chi connectivity index (χ3n) is 4.89. The molecule has 2 aromatic rings. The van der Waals surface area contributed by atoms with Crippen molar-refractivity contribution in [2.75, 3.05) is 0 Å². The molecule has 0 radical (unpaired) electrons. The Morgan fingerprint density at radius 3 is 1.54 bits per heavy atom. The van der Waals surface area contributed by atoms with Gasteiger partial charge in [-0.1, -0.05) is 12.1 Å². The van der Waals surface area contributed by atoms with Crippen LogP contribution in [0.4, 0.5) is 0 Å². The Hall–Kier alpha value is -2.62. The van der Waals surface area contributed by atoms with Crippen LogP contribution in [0, 0.1) is 0 Å². The van der Waals surface area contributed by atoms with Gasteiger partial charge in [0.2, 0.25) is 0 Å². The highest BCUT2D eigenvalue weighted by atomic mass is 16.5. The van der Waals surface area contributed by atoms with Gasteiger partial charge in [0, 0.05) is 25.7 Å². The summed E-state index contributed by atoms with van der Waals surface area (Å²) in [6.07, 6.45) is 2.17. The first kappa shape index (κ1) is 14.9. The highest BCUT2D eigenvalue weighted by Crippen LogP contribution is 2.53. The van der Waals surface area contributed by atoms with Gasteiger partial charge >= 0.3 is 11.9 Å². The summed E-state index contributed by atoms with van der Waals surface area (Å²) in [5.41, 5.74) is 5.07. The minimum Gasteiger partial charge on any atom is -0.427 e. The maximum atomic E-state index is 11.2. The topological polar surface area (TPSA) is 52.6 Å². The lowest BCUT2D eigenvalue weighted by atomic mass is 9.64. The van der Waals surface area contributed by atoms with E-state index < -0.39 is 0 Å². The molecule has 3 aliphatic rings. The number of esters is 2. The van der Waals surface area contributed by atoms with Crippen molar-refractivity contribution >= 4 is 11.9 Å². The van der Waals surface area contributed by atoms with Crippen LogP contribution in [-0.2, 0) is 9.59 Å². The summed E-state index contributed by atoms with van der Waals surface area (Å²) in [4.78, 5) is 22.4. The smallest absolute Gasteiger partial charge is 0.308 e. The Bertz CT molecular complexity index is 781. The molecule has 0 aliphatic heterocycles. The van der Waals surface area contributed by atoms with E-state index in [1.165, 1.54) is 36.1 Å². The number of ether oxygens (including phenoxy) is 2. The fourth-order valence-electron chi connectivity index (χ4n) is 4.09. The number of fused-ring (bicyclic) bond motifs is 1. The summed E-state index contributed by atoms with van der Waals surface area (Å²) in [7, 11) is 0. The molecule has 122 valence electrons. The fourth-order valence-corrected chi connectivity index (χ4v) is 4.09. The molecule has 0 saturated heterocycles. The van der Waals surface area contributed by atoms with Gasteiger partial charge < -0.3 is 9.47 Å². The molecular formula is C20H18O4. The lowest BCUT2D eigenvalue weighted by Gasteiger charge is -2.40. The van der Waals surface area contributed by atoms with E-state index in [1.54, 1.807) is 0 Å². The standard InChI is InChI=1S/C20H18O4/c1-11(21)23-13-3-5-15-18-8-7-17(19(15)9-13)16-6-4-14(10-20(16)18)24-12(2)22/h3-6,9-10,17-18H,7-8H2,1-2H3. The van der Waals surface area contributed by atoms with E-state index >= 15 is 0 Å². The van der Waals surface area contributed by atoms with Crippen LogP contribution in [0.3, 0.4) is 0 Å². The van der Waals surface area contributed by atoms with Gasteiger partial charge in [-0.3, -0.25) is 9.59 Å². The van der Waals surface area contributed by atoms with Gasteiger partial charge in [-0.05, 0) is 59.4 Å². The van der Waals surface area contributed by atoms with E-state index in [-0.39, 0.29) is 11.9 Å². The second-order valence-corrected chi connectivity index (χ2v) is 6.45. The molecule has 3 aliphatic carbocycles. The van der Waals surface area contributed by atoms with Crippen LogP contribution in [0.25, 0.3) is 0 Å². The Balaban J connectivity index is 1.76. The molecule has 0 heterocycles. The van der Waals surface area contributed by atoms with Crippen molar-refractivity contribution < 1.29 is 19.1 Å². The minimum absolute atomic E-state index is 0.303. The van der Waals surface area contributed by atoms with Gasteiger partial charge in [0.25, 0.3) is 0 Å². The number of hydrogen-bond acceptors (Lipinski definition) is 4. The average molecular weight is 322 g/mol. The van der Waals surface area contributed by atoms with Crippen LogP contribution in [0.15, 0.2) is 36.4 Å². The molecule has 0 saturated carbocycles. The maximum Gasteiger partial charge on any atom is 0.308 e. The molecule has 2 aromatic carbocycles. The van der Waals surface area contributed by atoms with E-state index in [1.807, 2.05) is 24.3 Å². The highest BCUT2D eigenvalue weighted by molar-refractivity contribution is 5.71. The zero-order valence-corrected chi connectivity index (χ0v) is 13.7. The monoisotopic (exact) mass is 322 g/mol. The average Bonchev–Trinajstić information content (AvgIpc) is 2.54. The van der Waals surface area contributed by atoms with E-state index in [0.717, 1.165) is 12.8 Å². The van der Waals surface area contributed by atoms with E-state index in [9.17, 15) is 9.59 Å². The van der Waals surface area contributed by atoms with Crippen LogP contribution in [0.2, 0.25) is 0 Å². The first-order valence-electron chi connectivity index (χ1n) is 8.17. The molecule has 0 aromatic heterocycles. The van der Waals surface area contributed by atoms with Gasteiger partial charge in [0.15, 0.2) is 0 Å². The number of carbonyl (C=O) groups excluding carboxylic acids is 2. The number of rotatable bonds is 2.